The third-order valence-electron chi connectivity index (χ3n) is 3.21. The van der Waals surface area contributed by atoms with E-state index in [0.29, 0.717) is 0 Å². The molecule has 0 unspecified atom stereocenters. The fraction of sp³-hybridized carbons (Fsp3) is 0.933. The molecule has 0 atom stereocenters. The normalized spacial score (nSPS) is 10.7. The molecular weight excluding hydrogens is 319 g/mol. The van der Waals surface area contributed by atoms with Crippen molar-refractivity contribution in [3.8, 4) is 0 Å². The third-order valence-corrected chi connectivity index (χ3v) is 3.21. The number of hydrogen-bond donors (Lipinski definition) is 4. The smallest absolute Gasteiger partial charge is 0.338 e. The van der Waals surface area contributed by atoms with Crippen molar-refractivity contribution in [2.24, 2.45) is 0 Å². The van der Waals surface area contributed by atoms with Gasteiger partial charge in [-0.05, 0) is 6.42 Å². The first-order valence-electron chi connectivity index (χ1n) is 8.42. The Hall–Kier alpha value is -0.620. The van der Waals surface area contributed by atoms with Gasteiger partial charge in [-0.15, -0.1) is 0 Å². The van der Waals surface area contributed by atoms with Gasteiger partial charge in [-0.1, -0.05) is 64.7 Å². The molecular formula is C15H35N2O5P. The van der Waals surface area contributed by atoms with E-state index in [1.165, 1.54) is 57.8 Å². The van der Waals surface area contributed by atoms with Gasteiger partial charge in [-0.2, -0.15) is 0 Å². The molecule has 2 amide bonds. The first-order valence-corrected chi connectivity index (χ1v) is 9.98. The first kappa shape index (κ1) is 24.6. The van der Waals surface area contributed by atoms with Crippen LogP contribution in [-0.2, 0) is 4.57 Å². The van der Waals surface area contributed by atoms with E-state index in [1.807, 2.05) is 0 Å². The summed E-state index contributed by atoms with van der Waals surface area (Å²) in [6.45, 7) is 3.07. The maximum Gasteiger partial charge on any atom is 0.466 e. The minimum atomic E-state index is -4.64. The van der Waals surface area contributed by atoms with Crippen LogP contribution >= 0.6 is 7.82 Å². The van der Waals surface area contributed by atoms with Crippen LogP contribution in [0, 0.1) is 0 Å². The van der Waals surface area contributed by atoms with Crippen LogP contribution in [0.25, 0.3) is 0 Å². The Labute approximate surface area is 140 Å². The number of phosphoric acid groups is 1. The molecule has 140 valence electrons. The lowest BCUT2D eigenvalue weighted by atomic mass is 10.1. The number of unbranched alkanes of at least 4 members (excludes halogenated alkanes) is 9. The Balaban J connectivity index is 0. The molecule has 0 saturated heterocycles. The molecule has 0 rings (SSSR count). The molecule has 8 heteroatoms. The summed E-state index contributed by atoms with van der Waals surface area (Å²) in [5.74, 6) is 0. The van der Waals surface area contributed by atoms with Crippen molar-refractivity contribution in [1.29, 1.82) is 0 Å². The highest BCUT2D eigenvalue weighted by molar-refractivity contribution is 7.45. The van der Waals surface area contributed by atoms with Gasteiger partial charge in [0.2, 0.25) is 0 Å². The highest BCUT2D eigenvalue weighted by Crippen LogP contribution is 2.25. The number of amides is 2. The summed E-state index contributed by atoms with van der Waals surface area (Å²) in [5.41, 5.74) is 0. The fourth-order valence-corrected chi connectivity index (χ4v) is 1.97. The summed E-state index contributed by atoms with van der Waals surface area (Å²) >= 11 is 0. The summed E-state index contributed by atoms with van der Waals surface area (Å²) in [4.78, 5) is 34.4. The summed E-state index contributed by atoms with van der Waals surface area (Å²) in [5, 5.41) is 2.89. The Bertz CT molecular complexity index is 313. The van der Waals surface area contributed by atoms with E-state index in [-0.39, 0.29) is 6.03 Å². The zero-order valence-corrected chi connectivity index (χ0v) is 15.7. The minimum Gasteiger partial charge on any atom is -0.338 e. The van der Waals surface area contributed by atoms with E-state index in [1.54, 1.807) is 19.0 Å². The molecule has 0 heterocycles. The van der Waals surface area contributed by atoms with Crippen molar-refractivity contribution in [1.82, 2.24) is 10.2 Å². The quantitative estimate of drug-likeness (QED) is 0.336. The molecule has 0 aliphatic carbocycles. The largest absolute Gasteiger partial charge is 0.466 e. The van der Waals surface area contributed by atoms with Gasteiger partial charge in [-0.25, -0.2) is 9.36 Å². The van der Waals surface area contributed by atoms with E-state index >= 15 is 0 Å². The number of nitrogens with one attached hydrogen (secondary N) is 1. The van der Waals surface area contributed by atoms with Crippen LogP contribution in [0.5, 0.6) is 0 Å². The maximum absolute atomic E-state index is 11.2. The lowest BCUT2D eigenvalue weighted by Gasteiger charge is -2.11. The molecule has 0 radical (unpaired) electrons. The molecule has 0 aliphatic rings. The number of nitrogens with zero attached hydrogens (tertiary/aromatic N) is 1. The highest BCUT2D eigenvalue weighted by Gasteiger charge is 2.01. The molecule has 4 N–H and O–H groups in total. The Morgan fingerprint density at radius 3 is 1.57 bits per heavy atom. The monoisotopic (exact) mass is 354 g/mol. The SMILES string of the molecule is CCCCCCCCCCCCNC(=O)N(C)C.O=P(O)(O)O. The van der Waals surface area contributed by atoms with Crippen LogP contribution in [0.15, 0.2) is 0 Å². The van der Waals surface area contributed by atoms with Crippen LogP contribution < -0.4 is 5.32 Å². The van der Waals surface area contributed by atoms with E-state index in [4.69, 9.17) is 19.2 Å². The van der Waals surface area contributed by atoms with Crippen molar-refractivity contribution in [3.63, 3.8) is 0 Å². The zero-order valence-electron chi connectivity index (χ0n) is 14.8. The predicted molar refractivity (Wildman–Crippen MR) is 93.2 cm³/mol. The molecule has 0 spiro atoms. The van der Waals surface area contributed by atoms with Crippen LogP contribution in [-0.4, -0.2) is 46.3 Å². The topological polar surface area (TPSA) is 110 Å². The van der Waals surface area contributed by atoms with Gasteiger partial charge in [0.1, 0.15) is 0 Å². The van der Waals surface area contributed by atoms with Gasteiger partial charge in [0, 0.05) is 20.6 Å². The lowest BCUT2D eigenvalue weighted by Crippen LogP contribution is -2.34. The summed E-state index contributed by atoms with van der Waals surface area (Å²) in [6, 6.07) is 0.0194. The van der Waals surface area contributed by atoms with Crippen LogP contribution in [0.2, 0.25) is 0 Å². The van der Waals surface area contributed by atoms with Gasteiger partial charge in [-0.3, -0.25) is 0 Å². The second-order valence-electron chi connectivity index (χ2n) is 5.82. The van der Waals surface area contributed by atoms with Crippen LogP contribution in [0.3, 0.4) is 0 Å². The van der Waals surface area contributed by atoms with Crippen molar-refractivity contribution in [2.45, 2.75) is 71.1 Å². The summed E-state index contributed by atoms with van der Waals surface area (Å²) < 4.78 is 8.88. The number of urea groups is 1. The summed E-state index contributed by atoms with van der Waals surface area (Å²) in [7, 11) is -1.10. The second kappa shape index (κ2) is 16.2. The molecule has 0 aliphatic heterocycles. The number of hydrogen-bond acceptors (Lipinski definition) is 2. The molecule has 0 aromatic carbocycles. The van der Waals surface area contributed by atoms with Crippen molar-refractivity contribution < 1.29 is 24.0 Å². The molecule has 0 bridgehead atoms. The first-order chi connectivity index (χ1) is 10.7. The van der Waals surface area contributed by atoms with E-state index in [0.717, 1.165) is 13.0 Å². The molecule has 0 saturated carbocycles. The van der Waals surface area contributed by atoms with Gasteiger partial charge < -0.3 is 24.9 Å². The average molecular weight is 354 g/mol. The standard InChI is InChI=1S/C15H32N2O.H3O4P/c1-4-5-6-7-8-9-10-11-12-13-14-16-15(18)17(2)3;1-5(2,3)4/h4-14H2,1-3H3,(H,16,18);(H3,1,2,3,4). The van der Waals surface area contributed by atoms with Gasteiger partial charge in [0.25, 0.3) is 0 Å². The molecule has 0 aromatic rings. The molecule has 0 fully saturated rings. The number of carbonyl (C=O) groups is 1. The Morgan fingerprint density at radius 2 is 1.22 bits per heavy atom. The van der Waals surface area contributed by atoms with Crippen LogP contribution in [0.4, 0.5) is 4.79 Å². The van der Waals surface area contributed by atoms with Crippen LogP contribution in [0.1, 0.15) is 71.1 Å². The third kappa shape index (κ3) is 29.9. The van der Waals surface area contributed by atoms with Gasteiger partial charge in [0.15, 0.2) is 0 Å². The fourth-order valence-electron chi connectivity index (χ4n) is 1.97. The van der Waals surface area contributed by atoms with Gasteiger partial charge in [0.05, 0.1) is 0 Å². The van der Waals surface area contributed by atoms with Gasteiger partial charge >= 0.3 is 13.9 Å². The minimum absolute atomic E-state index is 0.0194. The molecule has 7 nitrogen and oxygen atoms in total. The lowest BCUT2D eigenvalue weighted by molar-refractivity contribution is 0.217. The zero-order chi connectivity index (χ0) is 18.1. The van der Waals surface area contributed by atoms with E-state index < -0.39 is 7.82 Å². The molecule has 23 heavy (non-hydrogen) atoms. The molecule has 0 aromatic heterocycles. The summed E-state index contributed by atoms with van der Waals surface area (Å²) in [6.07, 6.45) is 13.3. The number of carbonyl (C=O) groups excluding carboxylic acids is 1. The van der Waals surface area contributed by atoms with Crippen molar-refractivity contribution in [2.75, 3.05) is 20.6 Å². The average Bonchev–Trinajstić information content (AvgIpc) is 2.42. The Morgan fingerprint density at radius 1 is 0.870 bits per heavy atom. The maximum atomic E-state index is 11.2. The number of rotatable bonds is 11. The van der Waals surface area contributed by atoms with Crippen molar-refractivity contribution >= 4 is 13.9 Å². The second-order valence-corrected chi connectivity index (χ2v) is 6.85. The predicted octanol–water partition coefficient (Wildman–Crippen LogP) is 3.25. The highest BCUT2D eigenvalue weighted by atomic mass is 31.2. The van der Waals surface area contributed by atoms with E-state index in [2.05, 4.69) is 12.2 Å². The Kier molecular flexibility index (Phi) is 17.4. The van der Waals surface area contributed by atoms with Crippen molar-refractivity contribution in [3.05, 3.63) is 0 Å². The van der Waals surface area contributed by atoms with E-state index in [9.17, 15) is 4.79 Å².